The number of amides is 1. The molecule has 6 nitrogen and oxygen atoms in total. The van der Waals surface area contributed by atoms with Crippen LogP contribution in [-0.2, 0) is 6.54 Å². The lowest BCUT2D eigenvalue weighted by atomic mass is 9.96. The van der Waals surface area contributed by atoms with E-state index in [0.29, 0.717) is 11.3 Å². The minimum absolute atomic E-state index is 0.00741. The van der Waals surface area contributed by atoms with Crippen molar-refractivity contribution in [2.24, 2.45) is 0 Å². The molecule has 0 fully saturated rings. The topological polar surface area (TPSA) is 71.8 Å². The summed E-state index contributed by atoms with van der Waals surface area (Å²) in [7, 11) is 0. The Morgan fingerprint density at radius 1 is 1.20 bits per heavy atom. The van der Waals surface area contributed by atoms with Gasteiger partial charge in [0.15, 0.2) is 6.04 Å². The van der Waals surface area contributed by atoms with E-state index < -0.39 is 30.0 Å². The van der Waals surface area contributed by atoms with Gasteiger partial charge in [0.05, 0.1) is 24.5 Å². The van der Waals surface area contributed by atoms with Gasteiger partial charge in [0.25, 0.3) is 5.91 Å². The number of benzene rings is 1. The molecule has 1 amide bonds. The number of aromatic nitrogens is 3. The minimum Gasteiger partial charge on any atom is -0.363 e. The van der Waals surface area contributed by atoms with Crippen LogP contribution in [0.3, 0.4) is 0 Å². The summed E-state index contributed by atoms with van der Waals surface area (Å²) in [6, 6.07) is 7.76. The molecule has 30 heavy (non-hydrogen) atoms. The number of hydrogen-bond donors (Lipinski definition) is 2. The van der Waals surface area contributed by atoms with Gasteiger partial charge in [-0.15, -0.1) is 0 Å². The molecule has 4 rings (SSSR count). The maximum atomic E-state index is 13.7. The molecule has 1 aromatic carbocycles. The van der Waals surface area contributed by atoms with Gasteiger partial charge < -0.3 is 10.6 Å². The summed E-state index contributed by atoms with van der Waals surface area (Å²) in [5.41, 5.74) is 1.09. The van der Waals surface area contributed by atoms with Crippen LogP contribution >= 0.6 is 0 Å². The van der Waals surface area contributed by atoms with Crippen molar-refractivity contribution in [1.29, 1.82) is 0 Å². The summed E-state index contributed by atoms with van der Waals surface area (Å²) in [5, 5.41) is 9.43. The lowest BCUT2D eigenvalue weighted by Crippen LogP contribution is -2.36. The number of rotatable bonds is 4. The fourth-order valence-electron chi connectivity index (χ4n) is 3.41. The number of pyridine rings is 1. The van der Waals surface area contributed by atoms with Crippen molar-refractivity contribution in [3.63, 3.8) is 0 Å². The van der Waals surface area contributed by atoms with E-state index >= 15 is 0 Å². The highest BCUT2D eigenvalue weighted by atomic mass is 19.4. The Labute approximate surface area is 168 Å². The number of fused-ring (bicyclic) bond motifs is 1. The Bertz CT molecular complexity index is 1030. The number of nitrogens with one attached hydrogen (secondary N) is 2. The quantitative estimate of drug-likeness (QED) is 0.627. The van der Waals surface area contributed by atoms with Crippen LogP contribution in [0.1, 0.15) is 40.1 Å². The number of hydrogen-bond acceptors (Lipinski definition) is 4. The first-order valence-electron chi connectivity index (χ1n) is 9.17. The first-order chi connectivity index (χ1) is 14.3. The molecule has 0 aliphatic carbocycles. The number of carbonyl (C=O) groups is 1. The van der Waals surface area contributed by atoms with E-state index in [9.17, 15) is 22.4 Å². The predicted octanol–water partition coefficient (Wildman–Crippen LogP) is 4.01. The van der Waals surface area contributed by atoms with Gasteiger partial charge in [-0.25, -0.2) is 9.07 Å². The first kappa shape index (κ1) is 19.9. The van der Waals surface area contributed by atoms with Gasteiger partial charge in [0, 0.05) is 12.6 Å². The molecular weight excluding hydrogens is 402 g/mol. The molecule has 3 heterocycles. The molecule has 1 aliphatic heterocycles. The first-order valence-corrected chi connectivity index (χ1v) is 9.17. The van der Waals surface area contributed by atoms with Crippen molar-refractivity contribution in [2.75, 3.05) is 5.32 Å². The van der Waals surface area contributed by atoms with Gasteiger partial charge in [0.2, 0.25) is 0 Å². The van der Waals surface area contributed by atoms with Crippen molar-refractivity contribution in [1.82, 2.24) is 20.1 Å². The van der Waals surface area contributed by atoms with Gasteiger partial charge in [-0.3, -0.25) is 9.78 Å². The molecule has 0 saturated carbocycles. The van der Waals surface area contributed by atoms with Crippen molar-refractivity contribution < 1.29 is 22.4 Å². The van der Waals surface area contributed by atoms with Crippen molar-refractivity contribution in [2.45, 2.75) is 31.2 Å². The van der Waals surface area contributed by atoms with Crippen molar-refractivity contribution >= 4 is 11.7 Å². The van der Waals surface area contributed by atoms with Crippen LogP contribution in [0.25, 0.3) is 0 Å². The Morgan fingerprint density at radius 3 is 2.63 bits per heavy atom. The van der Waals surface area contributed by atoms with Crippen LogP contribution in [0.2, 0.25) is 0 Å². The molecule has 0 saturated heterocycles. The summed E-state index contributed by atoms with van der Waals surface area (Å²) in [6.07, 6.45) is -2.21. The largest absolute Gasteiger partial charge is 0.410 e. The molecule has 2 aromatic heterocycles. The van der Waals surface area contributed by atoms with Crippen LogP contribution in [0.4, 0.5) is 23.4 Å². The van der Waals surface area contributed by atoms with Crippen LogP contribution in [-0.4, -0.2) is 26.8 Å². The zero-order valence-corrected chi connectivity index (χ0v) is 15.5. The lowest BCUT2D eigenvalue weighted by molar-refractivity contribution is -0.173. The molecule has 0 bridgehead atoms. The number of carbonyl (C=O) groups excluding carboxylic acids is 1. The molecular formula is C20H17F4N5O. The van der Waals surface area contributed by atoms with E-state index in [1.807, 2.05) is 0 Å². The van der Waals surface area contributed by atoms with E-state index in [1.165, 1.54) is 24.3 Å². The maximum absolute atomic E-state index is 13.7. The summed E-state index contributed by atoms with van der Waals surface area (Å²) in [4.78, 5) is 16.7. The van der Waals surface area contributed by atoms with Gasteiger partial charge in [-0.2, -0.15) is 18.3 Å². The van der Waals surface area contributed by atoms with Gasteiger partial charge in [0.1, 0.15) is 17.2 Å². The summed E-state index contributed by atoms with van der Waals surface area (Å²) in [6.45, 7) is 0.119. The Hall–Kier alpha value is -3.43. The summed E-state index contributed by atoms with van der Waals surface area (Å²) < 4.78 is 55.1. The standard InChI is InChI=1S/C20H17F4N5O/c21-13-6-4-12(5-7-13)16-9-17(20(22,23)24)29-18(28-16)15(11-27-29)19(30)26-10-14-3-1-2-8-25-14/h1-8,11,16-17,28H,9-10H2,(H,26,30)/t16-,17-/m0/s1. The second kappa shape index (κ2) is 7.77. The van der Waals surface area contributed by atoms with E-state index in [-0.39, 0.29) is 24.3 Å². The number of anilines is 1. The number of halogens is 4. The highest BCUT2D eigenvalue weighted by Gasteiger charge is 2.47. The number of nitrogens with zero attached hydrogens (tertiary/aromatic N) is 3. The van der Waals surface area contributed by atoms with Crippen molar-refractivity contribution in [3.05, 3.63) is 77.5 Å². The van der Waals surface area contributed by atoms with Crippen LogP contribution in [0, 0.1) is 5.82 Å². The average Bonchev–Trinajstić information content (AvgIpc) is 3.16. The molecule has 10 heteroatoms. The second-order valence-electron chi connectivity index (χ2n) is 6.90. The van der Waals surface area contributed by atoms with Crippen LogP contribution in [0.15, 0.2) is 54.9 Å². The Morgan fingerprint density at radius 2 is 1.97 bits per heavy atom. The fourth-order valence-corrected chi connectivity index (χ4v) is 3.41. The Balaban J connectivity index is 1.62. The lowest BCUT2D eigenvalue weighted by Gasteiger charge is -2.34. The zero-order valence-electron chi connectivity index (χ0n) is 15.5. The fraction of sp³-hybridized carbons (Fsp3) is 0.250. The van der Waals surface area contributed by atoms with E-state index in [0.717, 1.165) is 10.9 Å². The SMILES string of the molecule is O=C(NCc1ccccn1)c1cnn2c1N[C@H](c1ccc(F)cc1)C[C@H]2C(F)(F)F. The Kier molecular flexibility index (Phi) is 5.15. The molecule has 1 aliphatic rings. The third-order valence-corrected chi connectivity index (χ3v) is 4.91. The third-order valence-electron chi connectivity index (χ3n) is 4.91. The highest BCUT2D eigenvalue weighted by molar-refractivity contribution is 5.98. The predicted molar refractivity (Wildman–Crippen MR) is 100 cm³/mol. The molecule has 2 N–H and O–H groups in total. The summed E-state index contributed by atoms with van der Waals surface area (Å²) in [5.74, 6) is -1.09. The highest BCUT2D eigenvalue weighted by Crippen LogP contribution is 2.44. The third kappa shape index (κ3) is 3.98. The second-order valence-corrected chi connectivity index (χ2v) is 6.90. The smallest absolute Gasteiger partial charge is 0.363 e. The van der Waals surface area contributed by atoms with Gasteiger partial charge in [-0.05, 0) is 29.8 Å². The van der Waals surface area contributed by atoms with E-state index in [4.69, 9.17) is 0 Å². The van der Waals surface area contributed by atoms with E-state index in [1.54, 1.807) is 24.4 Å². The zero-order chi connectivity index (χ0) is 21.3. The number of alkyl halides is 3. The normalized spacial score (nSPS) is 18.4. The molecule has 0 radical (unpaired) electrons. The molecule has 0 spiro atoms. The van der Waals surface area contributed by atoms with Gasteiger partial charge >= 0.3 is 6.18 Å². The van der Waals surface area contributed by atoms with Crippen molar-refractivity contribution in [3.8, 4) is 0 Å². The maximum Gasteiger partial charge on any atom is 0.410 e. The monoisotopic (exact) mass is 419 g/mol. The van der Waals surface area contributed by atoms with Gasteiger partial charge in [-0.1, -0.05) is 18.2 Å². The van der Waals surface area contributed by atoms with Crippen LogP contribution in [0.5, 0.6) is 0 Å². The van der Waals surface area contributed by atoms with Crippen LogP contribution < -0.4 is 10.6 Å². The molecule has 3 aromatic rings. The molecule has 156 valence electrons. The summed E-state index contributed by atoms with van der Waals surface area (Å²) >= 11 is 0. The van der Waals surface area contributed by atoms with E-state index in [2.05, 4.69) is 20.7 Å². The molecule has 2 atom stereocenters. The minimum atomic E-state index is -4.57. The average molecular weight is 419 g/mol. The molecule has 0 unspecified atom stereocenters.